The number of carbonyl (C=O) groups is 5. The Kier molecular flexibility index (Phi) is 13.1. The minimum atomic E-state index is -1.30. The van der Waals surface area contributed by atoms with Gasteiger partial charge in [-0.15, -0.1) is 0 Å². The molecular formula is C46H57N11O8. The van der Waals surface area contributed by atoms with E-state index >= 15 is 0 Å². The molecule has 2 aromatic carbocycles. The Labute approximate surface area is 376 Å². The highest BCUT2D eigenvalue weighted by Crippen LogP contribution is 2.61. The maximum atomic E-state index is 13.2. The first-order valence-corrected chi connectivity index (χ1v) is 22.3. The topological polar surface area (TPSA) is 281 Å². The summed E-state index contributed by atoms with van der Waals surface area (Å²) in [5, 5.41) is 26.8. The molecule has 2 aliphatic heterocycles. The average Bonchev–Trinajstić information content (AvgIpc) is 3.25. The molecule has 4 heterocycles. The van der Waals surface area contributed by atoms with Crippen molar-refractivity contribution in [3.63, 3.8) is 0 Å². The van der Waals surface area contributed by atoms with E-state index in [1.807, 2.05) is 42.0 Å². The van der Waals surface area contributed by atoms with Crippen LogP contribution in [-0.4, -0.2) is 116 Å². The SMILES string of the molecule is CN(Cc1cnc2nc(N)nc(N)c2n1)c1ccc(C(=O)N[C@@H](CCC(=O)O)C(=O)O)cc1.Cc1ccc(C(=O)N2CC3CNCC(C2)O3)cc1NC(=O)CC12CC3CC(CC(C3)C1)C2. The summed E-state index contributed by atoms with van der Waals surface area (Å²) in [7, 11) is 1.82. The number of aryl methyl sites for hydroxylation is 1. The van der Waals surface area contributed by atoms with Gasteiger partial charge in [0.25, 0.3) is 11.8 Å². The molecule has 19 nitrogen and oxygen atoms in total. The van der Waals surface area contributed by atoms with Crippen molar-refractivity contribution < 1.29 is 38.9 Å². The number of nitrogens with two attached hydrogens (primary N) is 2. The van der Waals surface area contributed by atoms with Gasteiger partial charge in [-0.3, -0.25) is 19.2 Å². The summed E-state index contributed by atoms with van der Waals surface area (Å²) < 4.78 is 5.94. The second-order valence-corrected chi connectivity index (χ2v) is 18.6. The molecule has 0 spiro atoms. The van der Waals surface area contributed by atoms with Crippen molar-refractivity contribution in [3.05, 3.63) is 71.0 Å². The summed E-state index contributed by atoms with van der Waals surface area (Å²) in [5.41, 5.74) is 16.3. The van der Waals surface area contributed by atoms with Gasteiger partial charge in [0.05, 0.1) is 30.6 Å². The van der Waals surface area contributed by atoms with Crippen LogP contribution in [0.2, 0.25) is 0 Å². The van der Waals surface area contributed by atoms with Gasteiger partial charge < -0.3 is 52.2 Å². The zero-order valence-corrected chi connectivity index (χ0v) is 36.7. The number of benzene rings is 2. The van der Waals surface area contributed by atoms with Crippen molar-refractivity contribution >= 4 is 64.0 Å². The molecule has 3 atom stereocenters. The fourth-order valence-corrected chi connectivity index (χ4v) is 10.9. The first-order chi connectivity index (χ1) is 31.1. The lowest BCUT2D eigenvalue weighted by Gasteiger charge is -2.56. The van der Waals surface area contributed by atoms with E-state index in [4.69, 9.17) is 21.3 Å². The van der Waals surface area contributed by atoms with Crippen LogP contribution in [0.3, 0.4) is 0 Å². The van der Waals surface area contributed by atoms with Gasteiger partial charge >= 0.3 is 11.9 Å². The molecule has 19 heteroatoms. The molecule has 65 heavy (non-hydrogen) atoms. The summed E-state index contributed by atoms with van der Waals surface area (Å²) in [5.74, 6) is -0.220. The van der Waals surface area contributed by atoms with Gasteiger partial charge in [0, 0.05) is 68.6 Å². The lowest BCUT2D eigenvalue weighted by molar-refractivity contribution is -0.140. The van der Waals surface area contributed by atoms with E-state index < -0.39 is 23.9 Å². The van der Waals surface area contributed by atoms with Gasteiger partial charge in [-0.25, -0.2) is 14.8 Å². The third-order valence-electron chi connectivity index (χ3n) is 13.4. The van der Waals surface area contributed by atoms with Crippen LogP contribution in [0.15, 0.2) is 48.7 Å². The van der Waals surface area contributed by atoms with Gasteiger partial charge in [-0.2, -0.15) is 9.97 Å². The quantitative estimate of drug-likeness (QED) is 0.101. The predicted molar refractivity (Wildman–Crippen MR) is 241 cm³/mol. The maximum Gasteiger partial charge on any atom is 0.326 e. The third-order valence-corrected chi connectivity index (χ3v) is 13.4. The summed E-state index contributed by atoms with van der Waals surface area (Å²) in [4.78, 5) is 81.0. The highest BCUT2D eigenvalue weighted by Gasteiger charge is 2.51. The Bertz CT molecular complexity index is 2420. The fourth-order valence-electron chi connectivity index (χ4n) is 10.9. The number of carboxylic acids is 2. The van der Waals surface area contributed by atoms with Gasteiger partial charge in [-0.05, 0) is 117 Å². The first kappa shape index (κ1) is 45.1. The number of nitrogens with one attached hydrogen (secondary N) is 3. The Morgan fingerprint density at radius 1 is 0.923 bits per heavy atom. The Morgan fingerprint density at radius 2 is 1.57 bits per heavy atom. The molecule has 2 aromatic heterocycles. The number of amides is 3. The third kappa shape index (κ3) is 10.7. The molecule has 9 N–H and O–H groups in total. The highest BCUT2D eigenvalue weighted by atomic mass is 16.5. The average molecular weight is 892 g/mol. The van der Waals surface area contributed by atoms with Gasteiger partial charge in [0.1, 0.15) is 6.04 Å². The number of morpholine rings is 2. The standard InChI is InChI=1S/C26H35N3O3.C20H22N8O5/c1-16-2-3-20(25(31)29-14-21-12-27-13-22(15-29)32-21)7-23(16)28-24(30)11-26-8-17-4-18(9-26)6-19(5-17)10-26;1-28(9-11-8-23-17-15(24-11)16(21)26-20(22)27-17)12-4-2-10(3-5-12)18(31)25-13(19(32)33)6-7-14(29)30/h2-3,7,17-19,21-22,27H,4-6,8-15H2,1H3,(H,28,30);2-5,8,13H,6-7,9H2,1H3,(H,25,31)(H,29,30)(H,32,33)(H4,21,22,23,26,27)/t;13-/m.0/s1. The van der Waals surface area contributed by atoms with E-state index in [9.17, 15) is 29.1 Å². The monoisotopic (exact) mass is 891 g/mol. The van der Waals surface area contributed by atoms with Crippen molar-refractivity contribution in [1.82, 2.24) is 35.5 Å². The number of ether oxygens (including phenoxy) is 1. The van der Waals surface area contributed by atoms with E-state index in [0.29, 0.717) is 48.5 Å². The molecule has 10 rings (SSSR count). The molecule has 6 fully saturated rings. The fraction of sp³-hybridized carbons (Fsp3) is 0.500. The number of rotatable bonds is 13. The highest BCUT2D eigenvalue weighted by molar-refractivity contribution is 5.98. The summed E-state index contributed by atoms with van der Waals surface area (Å²) in [6, 6.07) is 10.9. The van der Waals surface area contributed by atoms with Crippen molar-refractivity contribution in [2.75, 3.05) is 54.9 Å². The van der Waals surface area contributed by atoms with Crippen molar-refractivity contribution in [3.8, 4) is 0 Å². The second kappa shape index (κ2) is 18.9. The van der Waals surface area contributed by atoms with Crippen molar-refractivity contribution in [2.24, 2.45) is 23.2 Å². The van der Waals surface area contributed by atoms with E-state index in [1.165, 1.54) is 50.7 Å². The number of carboxylic acid groups (broad SMARTS) is 2. The van der Waals surface area contributed by atoms with Crippen LogP contribution in [0.5, 0.6) is 0 Å². The number of nitrogen functional groups attached to an aromatic ring is 2. The molecule has 4 aromatic rings. The number of aromatic nitrogens is 4. The lowest BCUT2D eigenvalue weighted by Crippen LogP contribution is -2.59. The molecule has 6 bridgehead atoms. The number of anilines is 4. The molecule has 0 radical (unpaired) electrons. The molecule has 6 aliphatic rings. The molecule has 2 unspecified atom stereocenters. The van der Waals surface area contributed by atoms with Gasteiger partial charge in [-0.1, -0.05) is 6.07 Å². The number of nitrogens with zero attached hydrogens (tertiary/aromatic N) is 6. The molecule has 4 aliphatic carbocycles. The van der Waals surface area contributed by atoms with E-state index in [2.05, 4.69) is 35.9 Å². The van der Waals surface area contributed by atoms with Gasteiger partial charge in [0.2, 0.25) is 11.9 Å². The lowest BCUT2D eigenvalue weighted by atomic mass is 9.49. The largest absolute Gasteiger partial charge is 0.481 e. The van der Waals surface area contributed by atoms with Crippen LogP contribution in [0, 0.1) is 30.1 Å². The van der Waals surface area contributed by atoms with Crippen LogP contribution in [0.1, 0.15) is 89.8 Å². The van der Waals surface area contributed by atoms with Crippen LogP contribution >= 0.6 is 0 Å². The zero-order valence-electron chi connectivity index (χ0n) is 36.7. The number of aliphatic carboxylic acids is 2. The Hall–Kier alpha value is -6.47. The molecular weight excluding hydrogens is 835 g/mol. The summed E-state index contributed by atoms with van der Waals surface area (Å²) in [6.45, 7) is 5.18. The molecule has 344 valence electrons. The molecule has 4 saturated carbocycles. The Balaban J connectivity index is 0.000000177. The van der Waals surface area contributed by atoms with Crippen LogP contribution in [0.25, 0.3) is 11.2 Å². The van der Waals surface area contributed by atoms with Crippen LogP contribution in [0.4, 0.5) is 23.1 Å². The second-order valence-electron chi connectivity index (χ2n) is 18.6. The van der Waals surface area contributed by atoms with Crippen molar-refractivity contribution in [2.45, 2.75) is 89.5 Å². The summed E-state index contributed by atoms with van der Waals surface area (Å²) in [6.07, 6.45) is 9.61. The first-order valence-electron chi connectivity index (χ1n) is 22.3. The number of fused-ring (bicyclic) bond motifs is 3. The van der Waals surface area contributed by atoms with Crippen molar-refractivity contribution in [1.29, 1.82) is 0 Å². The predicted octanol–water partition coefficient (Wildman–Crippen LogP) is 3.62. The summed E-state index contributed by atoms with van der Waals surface area (Å²) >= 11 is 0. The van der Waals surface area contributed by atoms with Crippen LogP contribution < -0.4 is 32.3 Å². The number of carbonyl (C=O) groups excluding carboxylic acids is 3. The van der Waals surface area contributed by atoms with E-state index in [0.717, 1.165) is 47.8 Å². The molecule has 3 amide bonds. The molecule has 2 saturated heterocycles. The van der Waals surface area contributed by atoms with Gasteiger partial charge in [0.15, 0.2) is 17.0 Å². The number of hydrogen-bond acceptors (Lipinski definition) is 14. The minimum absolute atomic E-state index is 0.0138. The zero-order chi connectivity index (χ0) is 46.0. The van der Waals surface area contributed by atoms with E-state index in [1.54, 1.807) is 18.3 Å². The minimum Gasteiger partial charge on any atom is -0.481 e. The maximum absolute atomic E-state index is 13.2. The smallest absolute Gasteiger partial charge is 0.326 e. The normalized spacial score (nSPS) is 24.3. The Morgan fingerprint density at radius 3 is 2.20 bits per heavy atom. The van der Waals surface area contributed by atoms with E-state index in [-0.39, 0.29) is 59.6 Å². The number of hydrogen-bond donors (Lipinski definition) is 7. The van der Waals surface area contributed by atoms with Crippen LogP contribution in [-0.2, 0) is 25.7 Å².